The van der Waals surface area contributed by atoms with E-state index >= 15 is 0 Å². The van der Waals surface area contributed by atoms with Crippen molar-refractivity contribution in [1.82, 2.24) is 0 Å². The first-order valence-corrected chi connectivity index (χ1v) is 7.23. The van der Waals surface area contributed by atoms with Crippen LogP contribution in [-0.4, -0.2) is 0 Å². The van der Waals surface area contributed by atoms with Crippen LogP contribution in [0.3, 0.4) is 0 Å². The summed E-state index contributed by atoms with van der Waals surface area (Å²) in [4.78, 5) is 0. The van der Waals surface area contributed by atoms with Gasteiger partial charge in [0.05, 0.1) is 0 Å². The zero-order chi connectivity index (χ0) is 13.4. The Balaban J connectivity index is 0.000000352. The summed E-state index contributed by atoms with van der Waals surface area (Å²) in [6, 6.07) is 13.0. The molecule has 0 N–H and O–H groups in total. The van der Waals surface area contributed by atoms with Gasteiger partial charge in [-0.25, -0.2) is 18.2 Å². The third kappa shape index (κ3) is 5.38. The van der Waals surface area contributed by atoms with Crippen LogP contribution in [0.15, 0.2) is 36.4 Å². The van der Waals surface area contributed by atoms with Gasteiger partial charge in [-0.1, -0.05) is 53.4 Å². The topological polar surface area (TPSA) is 0 Å². The minimum absolute atomic E-state index is 0. The van der Waals surface area contributed by atoms with Crippen molar-refractivity contribution >= 4 is 0 Å². The van der Waals surface area contributed by atoms with Crippen molar-refractivity contribution in [2.45, 2.75) is 53.4 Å². The van der Waals surface area contributed by atoms with E-state index in [1.807, 2.05) is 0 Å². The first-order chi connectivity index (χ1) is 8.76. The average Bonchev–Trinajstić information content (AvgIpc) is 3.07. The second-order valence-electron chi connectivity index (χ2n) is 4.57. The zero-order valence-corrected chi connectivity index (χ0v) is 13.8. The van der Waals surface area contributed by atoms with Gasteiger partial charge < -0.3 is 0 Å². The molecule has 2 aromatic rings. The number of hydrogen-bond acceptors (Lipinski definition) is 0. The Labute approximate surface area is 129 Å². The predicted octanol–water partition coefficient (Wildman–Crippen LogP) is 5.06. The van der Waals surface area contributed by atoms with Crippen LogP contribution in [0.25, 0.3) is 0 Å². The van der Waals surface area contributed by atoms with Gasteiger partial charge in [-0.3, -0.25) is 0 Å². The Morgan fingerprint density at radius 1 is 1.00 bits per heavy atom. The fraction of sp³-hybridized carbons (Fsp3) is 0.444. The molecule has 0 aliphatic rings. The van der Waals surface area contributed by atoms with Gasteiger partial charge in [0.2, 0.25) is 0 Å². The quantitative estimate of drug-likeness (QED) is 0.547. The Morgan fingerprint density at radius 2 is 1.74 bits per heavy atom. The van der Waals surface area contributed by atoms with E-state index in [4.69, 9.17) is 0 Å². The molecular weight excluding hydrogens is 272 g/mol. The number of rotatable bonds is 4. The Hall–Kier alpha value is -0.781. The van der Waals surface area contributed by atoms with Gasteiger partial charge in [0.25, 0.3) is 0 Å². The van der Waals surface area contributed by atoms with Crippen molar-refractivity contribution in [1.29, 1.82) is 0 Å². The summed E-state index contributed by atoms with van der Waals surface area (Å²) in [6.45, 7) is 8.87. The van der Waals surface area contributed by atoms with Crippen LogP contribution in [0, 0.1) is 0 Å². The summed E-state index contributed by atoms with van der Waals surface area (Å²) in [6.07, 6.45) is 4.72. The van der Waals surface area contributed by atoms with Crippen LogP contribution in [-0.2, 0) is 42.8 Å². The molecule has 0 aliphatic carbocycles. The van der Waals surface area contributed by atoms with Crippen molar-refractivity contribution in [3.05, 3.63) is 58.7 Å². The maximum Gasteiger partial charge on any atom is 2.00 e. The molecule has 0 nitrogen and oxygen atoms in total. The van der Waals surface area contributed by atoms with E-state index in [1.165, 1.54) is 24.8 Å². The fourth-order valence-electron chi connectivity index (χ4n) is 2.37. The molecular formula is C18H26Fe. The summed E-state index contributed by atoms with van der Waals surface area (Å²) < 4.78 is 0. The maximum absolute atomic E-state index is 2.28. The Kier molecular flexibility index (Phi) is 9.65. The third-order valence-corrected chi connectivity index (χ3v) is 3.52. The van der Waals surface area contributed by atoms with Gasteiger partial charge in [-0.15, -0.1) is 0 Å². The van der Waals surface area contributed by atoms with Crippen molar-refractivity contribution < 1.29 is 17.1 Å². The van der Waals surface area contributed by atoms with E-state index in [1.54, 1.807) is 16.7 Å². The second-order valence-corrected chi connectivity index (χ2v) is 4.57. The van der Waals surface area contributed by atoms with Gasteiger partial charge in [0, 0.05) is 0 Å². The van der Waals surface area contributed by atoms with Crippen LogP contribution >= 0.6 is 0 Å². The van der Waals surface area contributed by atoms with Crippen molar-refractivity contribution in [2.75, 3.05) is 0 Å². The summed E-state index contributed by atoms with van der Waals surface area (Å²) in [5.74, 6) is 0. The van der Waals surface area contributed by atoms with E-state index < -0.39 is 0 Å². The van der Waals surface area contributed by atoms with Crippen LogP contribution < -0.4 is 0 Å². The molecule has 0 fully saturated rings. The minimum Gasteiger partial charge on any atom is -0.213 e. The zero-order valence-electron chi connectivity index (χ0n) is 12.6. The molecule has 0 saturated heterocycles. The van der Waals surface area contributed by atoms with Crippen molar-refractivity contribution in [3.8, 4) is 0 Å². The van der Waals surface area contributed by atoms with Gasteiger partial charge >= 0.3 is 17.1 Å². The van der Waals surface area contributed by atoms with Crippen molar-refractivity contribution in [3.63, 3.8) is 0 Å². The third-order valence-electron chi connectivity index (χ3n) is 3.52. The van der Waals surface area contributed by atoms with Crippen molar-refractivity contribution in [2.24, 2.45) is 0 Å². The molecule has 0 aromatic heterocycles. The molecule has 2 aromatic carbocycles. The molecule has 0 heterocycles. The van der Waals surface area contributed by atoms with Gasteiger partial charge in [0.15, 0.2) is 0 Å². The molecule has 0 saturated carbocycles. The SMILES string of the molecule is CCc1cc[c-](CC)c1CC.CCc1ccc[cH-]1.[Fe+2]. The van der Waals surface area contributed by atoms with Gasteiger partial charge in [-0.05, 0) is 0 Å². The standard InChI is InChI=1S/C11H17.C7H9.Fe/c1-4-9-7-8-10(5-2)11(9)6-3;1-2-7-5-3-4-6-7;/h7-8H,4-6H2,1-3H3;3-6H,2H2,1H3;/q2*-1;+2. The first-order valence-electron chi connectivity index (χ1n) is 7.23. The second kappa shape index (κ2) is 10.1. The summed E-state index contributed by atoms with van der Waals surface area (Å²) in [5.41, 5.74) is 6.11. The molecule has 0 radical (unpaired) electrons. The Bertz CT molecular complexity index is 399. The van der Waals surface area contributed by atoms with Crippen LogP contribution in [0.1, 0.15) is 49.9 Å². The average molecular weight is 298 g/mol. The fourth-order valence-corrected chi connectivity index (χ4v) is 2.37. The van der Waals surface area contributed by atoms with E-state index in [9.17, 15) is 0 Å². The van der Waals surface area contributed by atoms with Crippen LogP contribution in [0.4, 0.5) is 0 Å². The molecule has 0 atom stereocenters. The maximum atomic E-state index is 2.28. The van der Waals surface area contributed by atoms with Gasteiger partial charge in [0.1, 0.15) is 0 Å². The molecule has 19 heavy (non-hydrogen) atoms. The molecule has 0 amide bonds. The molecule has 0 aliphatic heterocycles. The molecule has 0 bridgehead atoms. The van der Waals surface area contributed by atoms with Crippen LogP contribution in [0.2, 0.25) is 0 Å². The molecule has 106 valence electrons. The summed E-state index contributed by atoms with van der Waals surface area (Å²) in [5, 5.41) is 0. The van der Waals surface area contributed by atoms with E-state index in [0.29, 0.717) is 0 Å². The van der Waals surface area contributed by atoms with E-state index in [2.05, 4.69) is 64.1 Å². The number of hydrogen-bond donors (Lipinski definition) is 0. The largest absolute Gasteiger partial charge is 2.00 e. The molecule has 1 heteroatoms. The first kappa shape index (κ1) is 18.2. The monoisotopic (exact) mass is 298 g/mol. The predicted molar refractivity (Wildman–Crippen MR) is 81.6 cm³/mol. The Morgan fingerprint density at radius 3 is 2.11 bits per heavy atom. The van der Waals surface area contributed by atoms with E-state index in [0.717, 1.165) is 6.42 Å². The molecule has 2 rings (SSSR count). The normalized spacial score (nSPS) is 9.47. The smallest absolute Gasteiger partial charge is 0.213 e. The number of aryl methyl sites for hydroxylation is 3. The molecule has 0 unspecified atom stereocenters. The van der Waals surface area contributed by atoms with Gasteiger partial charge in [-0.2, -0.15) is 40.5 Å². The summed E-state index contributed by atoms with van der Waals surface area (Å²) in [7, 11) is 0. The van der Waals surface area contributed by atoms with E-state index in [-0.39, 0.29) is 17.1 Å². The molecule has 0 spiro atoms. The van der Waals surface area contributed by atoms with Crippen LogP contribution in [0.5, 0.6) is 0 Å². The summed E-state index contributed by atoms with van der Waals surface area (Å²) >= 11 is 0. The minimum atomic E-state index is 0.